The molecule has 0 saturated heterocycles. The average Bonchev–Trinajstić information content (AvgIpc) is 2.97. The van der Waals surface area contributed by atoms with Crippen LogP contribution in [-0.4, -0.2) is 23.8 Å². The Balaban J connectivity index is 1.91. The van der Waals surface area contributed by atoms with Crippen LogP contribution in [0.3, 0.4) is 0 Å². The van der Waals surface area contributed by atoms with Crippen LogP contribution in [0.2, 0.25) is 0 Å². The fraction of sp³-hybridized carbons (Fsp3) is 0.467. The smallest absolute Gasteiger partial charge is 0.243 e. The highest BCUT2D eigenvalue weighted by Crippen LogP contribution is 2.36. The van der Waals surface area contributed by atoms with Crippen molar-refractivity contribution in [2.45, 2.75) is 31.7 Å². The van der Waals surface area contributed by atoms with Crippen LogP contribution >= 0.6 is 0 Å². The van der Waals surface area contributed by atoms with Crippen molar-refractivity contribution in [3.8, 4) is 5.75 Å². The highest BCUT2D eigenvalue weighted by Gasteiger charge is 2.27. The zero-order valence-corrected chi connectivity index (χ0v) is 11.8. The molecule has 0 aliphatic carbocycles. The van der Waals surface area contributed by atoms with Crippen molar-refractivity contribution in [1.29, 1.82) is 0 Å². The molecule has 0 bridgehead atoms. The van der Waals surface area contributed by atoms with E-state index in [4.69, 9.17) is 9.26 Å². The summed E-state index contributed by atoms with van der Waals surface area (Å²) in [5, 5.41) is 7.36. The molecule has 3 rings (SSSR count). The first kappa shape index (κ1) is 13.1. The van der Waals surface area contributed by atoms with Gasteiger partial charge in [0.2, 0.25) is 5.89 Å². The Morgan fingerprint density at radius 3 is 3.05 bits per heavy atom. The molecule has 1 N–H and O–H groups in total. The number of para-hydroxylation sites is 1. The van der Waals surface area contributed by atoms with Crippen molar-refractivity contribution >= 4 is 0 Å². The maximum absolute atomic E-state index is 5.67. The third-order valence-corrected chi connectivity index (χ3v) is 3.78. The summed E-state index contributed by atoms with van der Waals surface area (Å²) in [5.74, 6) is 2.50. The molecule has 2 atom stereocenters. The van der Waals surface area contributed by atoms with E-state index < -0.39 is 0 Å². The van der Waals surface area contributed by atoms with Gasteiger partial charge in [-0.15, -0.1) is 0 Å². The van der Waals surface area contributed by atoms with Gasteiger partial charge in [-0.1, -0.05) is 30.3 Å². The van der Waals surface area contributed by atoms with Gasteiger partial charge in [-0.05, 0) is 26.0 Å². The first-order chi connectivity index (χ1) is 9.83. The standard InChI is InChI=1S/C15H19N3O2/c1-3-12(16-2)15-17-14(18-20-15)11-8-9-19-13-7-5-4-6-10(11)13/h4-7,11-12,16H,3,8-9H2,1-2H3. The molecule has 1 aromatic heterocycles. The summed E-state index contributed by atoms with van der Waals surface area (Å²) in [4.78, 5) is 4.58. The monoisotopic (exact) mass is 273 g/mol. The van der Waals surface area contributed by atoms with E-state index in [1.807, 2.05) is 25.2 Å². The number of fused-ring (bicyclic) bond motifs is 1. The van der Waals surface area contributed by atoms with Crippen molar-refractivity contribution in [1.82, 2.24) is 15.5 Å². The Bertz CT molecular complexity index is 578. The van der Waals surface area contributed by atoms with Crippen molar-refractivity contribution in [2.75, 3.05) is 13.7 Å². The Kier molecular flexibility index (Phi) is 3.69. The molecule has 2 aromatic rings. The van der Waals surface area contributed by atoms with Crippen molar-refractivity contribution in [3.63, 3.8) is 0 Å². The molecule has 0 fully saturated rings. The number of rotatable bonds is 4. The molecule has 2 unspecified atom stereocenters. The van der Waals surface area contributed by atoms with E-state index in [1.165, 1.54) is 0 Å². The Labute approximate surface area is 118 Å². The number of nitrogens with zero attached hydrogens (tertiary/aromatic N) is 2. The lowest BCUT2D eigenvalue weighted by atomic mass is 9.92. The van der Waals surface area contributed by atoms with Gasteiger partial charge in [0.15, 0.2) is 5.82 Å². The van der Waals surface area contributed by atoms with Crippen LogP contribution in [0.5, 0.6) is 5.75 Å². The minimum atomic E-state index is 0.117. The summed E-state index contributed by atoms with van der Waals surface area (Å²) in [6.45, 7) is 2.78. The van der Waals surface area contributed by atoms with Crippen LogP contribution < -0.4 is 10.1 Å². The molecule has 0 radical (unpaired) electrons. The van der Waals surface area contributed by atoms with Crippen LogP contribution in [-0.2, 0) is 0 Å². The summed E-state index contributed by atoms with van der Waals surface area (Å²) in [7, 11) is 1.90. The van der Waals surface area contributed by atoms with Gasteiger partial charge in [0.25, 0.3) is 0 Å². The second-order valence-electron chi connectivity index (χ2n) is 4.97. The summed E-state index contributed by atoms with van der Waals surface area (Å²) in [6.07, 6.45) is 1.80. The molecule has 1 aliphatic heterocycles. The lowest BCUT2D eigenvalue weighted by molar-refractivity contribution is 0.271. The number of nitrogens with one attached hydrogen (secondary N) is 1. The van der Waals surface area contributed by atoms with E-state index in [0.29, 0.717) is 12.5 Å². The lowest BCUT2D eigenvalue weighted by Gasteiger charge is -2.23. The maximum Gasteiger partial charge on any atom is 0.243 e. The molecule has 5 nitrogen and oxygen atoms in total. The molecule has 1 aromatic carbocycles. The zero-order chi connectivity index (χ0) is 13.9. The molecule has 106 valence electrons. The molecule has 0 saturated carbocycles. The van der Waals surface area contributed by atoms with Crippen LogP contribution in [0.15, 0.2) is 28.8 Å². The second-order valence-corrected chi connectivity index (χ2v) is 4.97. The largest absolute Gasteiger partial charge is 0.493 e. The van der Waals surface area contributed by atoms with Gasteiger partial charge < -0.3 is 14.6 Å². The number of benzene rings is 1. The Hall–Kier alpha value is -1.88. The van der Waals surface area contributed by atoms with Gasteiger partial charge in [-0.3, -0.25) is 0 Å². The summed E-state index contributed by atoms with van der Waals surface area (Å²) < 4.78 is 11.1. The number of hydrogen-bond acceptors (Lipinski definition) is 5. The minimum Gasteiger partial charge on any atom is -0.493 e. The van der Waals surface area contributed by atoms with Crippen LogP contribution in [0.1, 0.15) is 49.0 Å². The van der Waals surface area contributed by atoms with Gasteiger partial charge in [0.05, 0.1) is 18.6 Å². The lowest BCUT2D eigenvalue weighted by Crippen LogP contribution is -2.17. The van der Waals surface area contributed by atoms with Crippen molar-refractivity contribution < 1.29 is 9.26 Å². The van der Waals surface area contributed by atoms with Gasteiger partial charge >= 0.3 is 0 Å². The predicted molar refractivity (Wildman–Crippen MR) is 74.8 cm³/mol. The quantitative estimate of drug-likeness (QED) is 0.928. The van der Waals surface area contributed by atoms with E-state index >= 15 is 0 Å². The molecular weight excluding hydrogens is 254 g/mol. The zero-order valence-electron chi connectivity index (χ0n) is 11.8. The van der Waals surface area contributed by atoms with Crippen LogP contribution in [0.4, 0.5) is 0 Å². The fourth-order valence-electron chi connectivity index (χ4n) is 2.64. The van der Waals surface area contributed by atoms with E-state index in [-0.39, 0.29) is 12.0 Å². The Morgan fingerprint density at radius 2 is 2.25 bits per heavy atom. The molecule has 20 heavy (non-hydrogen) atoms. The average molecular weight is 273 g/mol. The van der Waals surface area contributed by atoms with Crippen LogP contribution in [0, 0.1) is 0 Å². The molecule has 2 heterocycles. The third-order valence-electron chi connectivity index (χ3n) is 3.78. The van der Waals surface area contributed by atoms with Gasteiger partial charge in [0.1, 0.15) is 5.75 Å². The molecule has 5 heteroatoms. The summed E-state index contributed by atoms with van der Waals surface area (Å²) in [5.41, 5.74) is 1.14. The van der Waals surface area contributed by atoms with Gasteiger partial charge in [0, 0.05) is 5.56 Å². The first-order valence-electron chi connectivity index (χ1n) is 7.06. The second kappa shape index (κ2) is 5.63. The molecule has 1 aliphatic rings. The van der Waals surface area contributed by atoms with Crippen LogP contribution in [0.25, 0.3) is 0 Å². The first-order valence-corrected chi connectivity index (χ1v) is 7.06. The van der Waals surface area contributed by atoms with Gasteiger partial charge in [-0.25, -0.2) is 0 Å². The molecule has 0 spiro atoms. The highest BCUT2D eigenvalue weighted by atomic mass is 16.5. The molecular formula is C15H19N3O2. The number of ether oxygens (including phenoxy) is 1. The Morgan fingerprint density at radius 1 is 1.40 bits per heavy atom. The SMILES string of the molecule is CCC(NC)c1nc(C2CCOc3ccccc32)no1. The number of aromatic nitrogens is 2. The molecule has 0 amide bonds. The van der Waals surface area contributed by atoms with E-state index in [0.717, 1.165) is 30.0 Å². The summed E-state index contributed by atoms with van der Waals surface area (Å²) in [6, 6.07) is 8.18. The highest BCUT2D eigenvalue weighted by molar-refractivity contribution is 5.40. The normalized spacial score (nSPS) is 19.2. The van der Waals surface area contributed by atoms with E-state index in [9.17, 15) is 0 Å². The van der Waals surface area contributed by atoms with E-state index in [2.05, 4.69) is 28.4 Å². The number of hydrogen-bond donors (Lipinski definition) is 1. The van der Waals surface area contributed by atoms with Gasteiger partial charge in [-0.2, -0.15) is 4.98 Å². The van der Waals surface area contributed by atoms with Crippen molar-refractivity contribution in [3.05, 3.63) is 41.5 Å². The van der Waals surface area contributed by atoms with E-state index in [1.54, 1.807) is 0 Å². The minimum absolute atomic E-state index is 0.117. The maximum atomic E-state index is 5.67. The van der Waals surface area contributed by atoms with Crippen molar-refractivity contribution in [2.24, 2.45) is 0 Å². The fourth-order valence-corrected chi connectivity index (χ4v) is 2.64. The summed E-state index contributed by atoms with van der Waals surface area (Å²) >= 11 is 0. The third kappa shape index (κ3) is 2.29. The predicted octanol–water partition coefficient (Wildman–Crippen LogP) is 2.65. The topological polar surface area (TPSA) is 60.2 Å².